The fraction of sp³-hybridized carbons (Fsp3) is 0.727. The molecule has 0 saturated heterocycles. The second-order valence-electron chi connectivity index (χ2n) is 3.82. The summed E-state index contributed by atoms with van der Waals surface area (Å²) in [7, 11) is 0. The molecule has 0 unspecified atom stereocenters. The van der Waals surface area contributed by atoms with Gasteiger partial charge in [0.2, 0.25) is 5.91 Å². The number of carbonyl (C=O) groups excluding carboxylic acids is 1. The van der Waals surface area contributed by atoms with Crippen LogP contribution in [0.5, 0.6) is 0 Å². The van der Waals surface area contributed by atoms with Gasteiger partial charge in [-0.3, -0.25) is 4.79 Å². The number of aromatic nitrogens is 2. The summed E-state index contributed by atoms with van der Waals surface area (Å²) in [4.78, 5) is 15.5. The molecular weight excluding hydrogens is 238 g/mol. The van der Waals surface area contributed by atoms with E-state index in [1.165, 1.54) is 0 Å². The van der Waals surface area contributed by atoms with Crippen LogP contribution in [-0.4, -0.2) is 40.4 Å². The number of ether oxygens (including phenoxy) is 1. The number of aliphatic hydroxyl groups is 1. The van der Waals surface area contributed by atoms with E-state index in [4.69, 9.17) is 14.4 Å². The number of nitrogens with one attached hydrogen (secondary N) is 1. The molecule has 0 aliphatic heterocycles. The van der Waals surface area contributed by atoms with Crippen LogP contribution in [0.3, 0.4) is 0 Å². The van der Waals surface area contributed by atoms with Gasteiger partial charge in [-0.1, -0.05) is 12.1 Å². The summed E-state index contributed by atoms with van der Waals surface area (Å²) in [5.41, 5.74) is 0. The molecule has 0 aromatic carbocycles. The average Bonchev–Trinajstić information content (AvgIpc) is 2.83. The van der Waals surface area contributed by atoms with Crippen molar-refractivity contribution >= 4 is 5.91 Å². The quantitative estimate of drug-likeness (QED) is 0.682. The van der Waals surface area contributed by atoms with Crippen molar-refractivity contribution in [1.82, 2.24) is 15.5 Å². The smallest absolute Gasteiger partial charge is 0.252 e. The lowest BCUT2D eigenvalue weighted by Gasteiger charge is -2.11. The van der Waals surface area contributed by atoms with Gasteiger partial charge in [-0.05, 0) is 13.3 Å². The van der Waals surface area contributed by atoms with Crippen LogP contribution in [-0.2, 0) is 22.6 Å². The first-order valence-electron chi connectivity index (χ1n) is 5.99. The minimum atomic E-state index is -0.455. The zero-order valence-electron chi connectivity index (χ0n) is 10.7. The van der Waals surface area contributed by atoms with E-state index in [9.17, 15) is 4.79 Å². The predicted octanol–water partition coefficient (Wildman–Crippen LogP) is 0.0357. The lowest BCUT2D eigenvalue weighted by atomic mass is 10.3. The molecule has 7 nitrogen and oxygen atoms in total. The minimum Gasteiger partial charge on any atom is -0.387 e. The van der Waals surface area contributed by atoms with Crippen molar-refractivity contribution in [2.24, 2.45) is 0 Å². The van der Waals surface area contributed by atoms with Crippen LogP contribution in [0.1, 0.15) is 32.0 Å². The molecular formula is C11H19N3O4. The number of hydrogen-bond donors (Lipinski definition) is 2. The number of aliphatic hydroxyl groups excluding tert-OH is 1. The van der Waals surface area contributed by atoms with Gasteiger partial charge in [-0.2, -0.15) is 4.98 Å². The Morgan fingerprint density at radius 3 is 3.00 bits per heavy atom. The van der Waals surface area contributed by atoms with Crippen LogP contribution in [0, 0.1) is 0 Å². The molecule has 0 spiro atoms. The zero-order chi connectivity index (χ0) is 13.4. The normalized spacial score (nSPS) is 12.4. The highest BCUT2D eigenvalue weighted by molar-refractivity contribution is 5.80. The van der Waals surface area contributed by atoms with E-state index in [0.29, 0.717) is 25.4 Å². The van der Waals surface area contributed by atoms with Gasteiger partial charge in [0.25, 0.3) is 5.89 Å². The fourth-order valence-corrected chi connectivity index (χ4v) is 1.27. The van der Waals surface area contributed by atoms with Gasteiger partial charge in [0.1, 0.15) is 12.7 Å². The highest BCUT2D eigenvalue weighted by Gasteiger charge is 2.12. The Morgan fingerprint density at radius 2 is 2.39 bits per heavy atom. The average molecular weight is 257 g/mol. The standard InChI is InChI=1S/C11H19N3O4/c1-3-6-17-8(2)11(16)12-5-4-9-13-10(7-15)18-14-9/h8,15H,3-7H2,1-2H3,(H,12,16)/t8-/m1/s1. The molecule has 1 amide bonds. The van der Waals surface area contributed by atoms with Crippen molar-refractivity contribution in [3.05, 3.63) is 11.7 Å². The molecule has 0 radical (unpaired) electrons. The maximum absolute atomic E-state index is 11.6. The van der Waals surface area contributed by atoms with E-state index in [1.807, 2.05) is 6.92 Å². The van der Waals surface area contributed by atoms with Crippen molar-refractivity contribution in [3.63, 3.8) is 0 Å². The van der Waals surface area contributed by atoms with E-state index in [2.05, 4.69) is 15.5 Å². The summed E-state index contributed by atoms with van der Waals surface area (Å²) in [5, 5.41) is 15.1. The summed E-state index contributed by atoms with van der Waals surface area (Å²) in [6.07, 6.45) is 0.878. The summed E-state index contributed by atoms with van der Waals surface area (Å²) in [6.45, 7) is 4.40. The maximum atomic E-state index is 11.6. The molecule has 1 heterocycles. The van der Waals surface area contributed by atoms with Gasteiger partial charge >= 0.3 is 0 Å². The molecule has 1 aromatic heterocycles. The monoisotopic (exact) mass is 257 g/mol. The third kappa shape index (κ3) is 4.80. The van der Waals surface area contributed by atoms with Gasteiger partial charge in [-0.25, -0.2) is 0 Å². The minimum absolute atomic E-state index is 0.158. The molecule has 1 atom stereocenters. The summed E-state index contributed by atoms with van der Waals surface area (Å²) >= 11 is 0. The SMILES string of the molecule is CCCO[C@H](C)C(=O)NCCc1noc(CO)n1. The highest BCUT2D eigenvalue weighted by Crippen LogP contribution is 1.97. The van der Waals surface area contributed by atoms with E-state index >= 15 is 0 Å². The van der Waals surface area contributed by atoms with E-state index in [1.54, 1.807) is 6.92 Å². The Morgan fingerprint density at radius 1 is 1.61 bits per heavy atom. The van der Waals surface area contributed by atoms with Crippen molar-refractivity contribution in [3.8, 4) is 0 Å². The highest BCUT2D eigenvalue weighted by atomic mass is 16.5. The van der Waals surface area contributed by atoms with Crippen LogP contribution >= 0.6 is 0 Å². The Balaban J connectivity index is 2.22. The van der Waals surface area contributed by atoms with Gasteiger partial charge < -0.3 is 19.7 Å². The van der Waals surface area contributed by atoms with Crippen molar-refractivity contribution in [1.29, 1.82) is 0 Å². The molecule has 0 fully saturated rings. The molecule has 7 heteroatoms. The van der Waals surface area contributed by atoms with Gasteiger partial charge in [0.15, 0.2) is 5.82 Å². The molecule has 18 heavy (non-hydrogen) atoms. The zero-order valence-corrected chi connectivity index (χ0v) is 10.7. The van der Waals surface area contributed by atoms with E-state index < -0.39 is 6.10 Å². The van der Waals surface area contributed by atoms with Gasteiger partial charge in [-0.15, -0.1) is 0 Å². The molecule has 2 N–H and O–H groups in total. The number of carbonyl (C=O) groups is 1. The topological polar surface area (TPSA) is 97.5 Å². The first-order chi connectivity index (χ1) is 8.67. The second kappa shape index (κ2) is 7.78. The van der Waals surface area contributed by atoms with Crippen molar-refractivity contribution in [2.75, 3.05) is 13.2 Å². The molecule has 0 aliphatic carbocycles. The molecule has 0 aliphatic rings. The summed E-state index contributed by atoms with van der Waals surface area (Å²) < 4.78 is 10.0. The van der Waals surface area contributed by atoms with Crippen LogP contribution in [0.2, 0.25) is 0 Å². The van der Waals surface area contributed by atoms with Crippen LogP contribution in [0.15, 0.2) is 4.52 Å². The maximum Gasteiger partial charge on any atom is 0.252 e. The Hall–Kier alpha value is -1.47. The third-order valence-electron chi connectivity index (χ3n) is 2.23. The summed E-state index contributed by atoms with van der Waals surface area (Å²) in [6, 6.07) is 0. The van der Waals surface area contributed by atoms with Crippen LogP contribution in [0.25, 0.3) is 0 Å². The first-order valence-corrected chi connectivity index (χ1v) is 5.99. The lowest BCUT2D eigenvalue weighted by Crippen LogP contribution is -2.35. The fourth-order valence-electron chi connectivity index (χ4n) is 1.27. The van der Waals surface area contributed by atoms with E-state index in [-0.39, 0.29) is 18.4 Å². The molecule has 102 valence electrons. The molecule has 1 rings (SSSR count). The van der Waals surface area contributed by atoms with Gasteiger partial charge in [0.05, 0.1) is 0 Å². The third-order valence-corrected chi connectivity index (χ3v) is 2.23. The molecule has 0 saturated carbocycles. The van der Waals surface area contributed by atoms with Gasteiger partial charge in [0, 0.05) is 19.6 Å². The van der Waals surface area contributed by atoms with E-state index in [0.717, 1.165) is 6.42 Å². The Kier molecular flexibility index (Phi) is 6.31. The Labute approximate surface area is 106 Å². The Bertz CT molecular complexity index is 367. The second-order valence-corrected chi connectivity index (χ2v) is 3.82. The molecule has 1 aromatic rings. The van der Waals surface area contributed by atoms with Crippen LogP contribution < -0.4 is 5.32 Å². The van der Waals surface area contributed by atoms with Crippen LogP contribution in [0.4, 0.5) is 0 Å². The lowest BCUT2D eigenvalue weighted by molar-refractivity contribution is -0.131. The first kappa shape index (κ1) is 14.6. The summed E-state index contributed by atoms with van der Waals surface area (Å²) in [5.74, 6) is 0.478. The largest absolute Gasteiger partial charge is 0.387 e. The number of amides is 1. The number of hydrogen-bond acceptors (Lipinski definition) is 6. The number of rotatable bonds is 8. The van der Waals surface area contributed by atoms with Crippen molar-refractivity contribution in [2.45, 2.75) is 39.4 Å². The molecule has 0 bridgehead atoms. The number of nitrogens with zero attached hydrogens (tertiary/aromatic N) is 2. The predicted molar refractivity (Wildman–Crippen MR) is 62.6 cm³/mol. The van der Waals surface area contributed by atoms with Crippen molar-refractivity contribution < 1.29 is 19.2 Å².